The van der Waals surface area contributed by atoms with Gasteiger partial charge in [0.15, 0.2) is 5.82 Å². The molecule has 0 radical (unpaired) electrons. The number of fused-ring (bicyclic) bond motifs is 1. The molecule has 0 amide bonds. The summed E-state index contributed by atoms with van der Waals surface area (Å²) in [5.74, 6) is 2.87. The molecule has 3 rings (SSSR count). The van der Waals surface area contributed by atoms with Gasteiger partial charge in [0.2, 0.25) is 0 Å². The summed E-state index contributed by atoms with van der Waals surface area (Å²) in [6, 6.07) is 6.08. The summed E-state index contributed by atoms with van der Waals surface area (Å²) in [7, 11) is 1.93. The van der Waals surface area contributed by atoms with Crippen molar-refractivity contribution in [3.05, 3.63) is 39.9 Å². The Morgan fingerprint density at radius 3 is 3.10 bits per heavy atom. The number of rotatable bonds is 5. The third-order valence-corrected chi connectivity index (χ3v) is 4.32. The van der Waals surface area contributed by atoms with Crippen LogP contribution in [-0.4, -0.2) is 21.8 Å². The zero-order valence-corrected chi connectivity index (χ0v) is 13.7. The lowest BCUT2D eigenvalue weighted by Crippen LogP contribution is -2.15. The third kappa shape index (κ3) is 3.11. The zero-order chi connectivity index (χ0) is 14.7. The van der Waals surface area contributed by atoms with E-state index in [4.69, 9.17) is 4.74 Å². The van der Waals surface area contributed by atoms with Crippen molar-refractivity contribution in [3.8, 4) is 5.75 Å². The maximum absolute atomic E-state index is 6.02. The van der Waals surface area contributed by atoms with Crippen molar-refractivity contribution in [2.24, 2.45) is 0 Å². The van der Waals surface area contributed by atoms with E-state index in [0.29, 0.717) is 6.61 Å². The van der Waals surface area contributed by atoms with E-state index in [9.17, 15) is 0 Å². The number of aryl methyl sites for hydroxylation is 1. The van der Waals surface area contributed by atoms with Crippen LogP contribution in [0.15, 0.2) is 22.7 Å². The first kappa shape index (κ1) is 14.5. The number of hydrogen-bond acceptors (Lipinski definition) is 4. The first-order valence-corrected chi connectivity index (χ1v) is 8.04. The Bertz CT molecular complexity index is 626. The second kappa shape index (κ2) is 6.58. The molecule has 0 bridgehead atoms. The predicted molar refractivity (Wildman–Crippen MR) is 84.2 cm³/mol. The maximum atomic E-state index is 6.02. The number of nitrogens with one attached hydrogen (secondary N) is 1. The summed E-state index contributed by atoms with van der Waals surface area (Å²) in [4.78, 5) is 0. The first-order chi connectivity index (χ1) is 10.3. The van der Waals surface area contributed by atoms with Gasteiger partial charge in [0, 0.05) is 25.1 Å². The van der Waals surface area contributed by atoms with Crippen LogP contribution in [0.1, 0.15) is 30.1 Å². The van der Waals surface area contributed by atoms with Crippen LogP contribution in [0.25, 0.3) is 0 Å². The summed E-state index contributed by atoms with van der Waals surface area (Å²) < 4.78 is 9.18. The molecule has 0 saturated heterocycles. The molecule has 0 saturated carbocycles. The molecule has 1 aromatic heterocycles. The van der Waals surface area contributed by atoms with Gasteiger partial charge in [-0.05, 0) is 41.9 Å². The van der Waals surface area contributed by atoms with Gasteiger partial charge in [-0.15, -0.1) is 10.2 Å². The van der Waals surface area contributed by atoms with Crippen molar-refractivity contribution in [3.63, 3.8) is 0 Å². The zero-order valence-electron chi connectivity index (χ0n) is 12.1. The van der Waals surface area contributed by atoms with Gasteiger partial charge in [0.05, 0.1) is 4.47 Å². The third-order valence-electron chi connectivity index (χ3n) is 3.70. The second-order valence-electron chi connectivity index (χ2n) is 5.19. The van der Waals surface area contributed by atoms with E-state index in [2.05, 4.69) is 42.1 Å². The summed E-state index contributed by atoms with van der Waals surface area (Å²) in [5.41, 5.74) is 1.13. The van der Waals surface area contributed by atoms with Crippen LogP contribution in [0, 0.1) is 0 Å². The average Bonchev–Trinajstić information content (AvgIpc) is 2.90. The summed E-state index contributed by atoms with van der Waals surface area (Å²) >= 11 is 3.56. The van der Waals surface area contributed by atoms with Crippen molar-refractivity contribution in [1.82, 2.24) is 20.1 Å². The lowest BCUT2D eigenvalue weighted by molar-refractivity contribution is 0.281. The smallest absolute Gasteiger partial charge is 0.171 e. The Labute approximate surface area is 132 Å². The fourth-order valence-corrected chi connectivity index (χ4v) is 3.18. The molecule has 0 fully saturated rings. The highest BCUT2D eigenvalue weighted by Crippen LogP contribution is 2.30. The minimum absolute atomic E-state index is 0.451. The van der Waals surface area contributed by atoms with E-state index in [1.165, 1.54) is 12.8 Å². The molecule has 2 heterocycles. The van der Waals surface area contributed by atoms with E-state index < -0.39 is 0 Å². The van der Waals surface area contributed by atoms with Gasteiger partial charge in [-0.1, -0.05) is 12.1 Å². The number of aromatic nitrogens is 3. The topological polar surface area (TPSA) is 52.0 Å². The van der Waals surface area contributed by atoms with Crippen LogP contribution in [-0.2, 0) is 26.1 Å². The molecule has 0 atom stereocenters. The summed E-state index contributed by atoms with van der Waals surface area (Å²) in [6.07, 6.45) is 3.42. The second-order valence-corrected chi connectivity index (χ2v) is 6.04. The molecule has 6 heteroatoms. The van der Waals surface area contributed by atoms with Crippen LogP contribution in [0.4, 0.5) is 0 Å². The lowest BCUT2D eigenvalue weighted by atomic mass is 10.2. The highest BCUT2D eigenvalue weighted by atomic mass is 79.9. The van der Waals surface area contributed by atoms with Crippen molar-refractivity contribution in [2.45, 2.75) is 39.0 Å². The Morgan fingerprint density at radius 1 is 1.33 bits per heavy atom. The quantitative estimate of drug-likeness (QED) is 0.900. The molecule has 1 aromatic carbocycles. The fourth-order valence-electron chi connectivity index (χ4n) is 2.66. The van der Waals surface area contributed by atoms with Gasteiger partial charge < -0.3 is 14.6 Å². The minimum atomic E-state index is 0.451. The largest absolute Gasteiger partial charge is 0.484 e. The van der Waals surface area contributed by atoms with Crippen LogP contribution in [0.2, 0.25) is 0 Å². The highest BCUT2D eigenvalue weighted by Gasteiger charge is 2.17. The number of para-hydroxylation sites is 1. The molecule has 5 nitrogen and oxygen atoms in total. The number of benzene rings is 1. The molecule has 0 spiro atoms. The highest BCUT2D eigenvalue weighted by molar-refractivity contribution is 9.10. The van der Waals surface area contributed by atoms with Crippen LogP contribution in [0.3, 0.4) is 0 Å². The van der Waals surface area contributed by atoms with Gasteiger partial charge in [0.1, 0.15) is 18.2 Å². The predicted octanol–water partition coefficient (Wildman–Crippen LogP) is 2.68. The maximum Gasteiger partial charge on any atom is 0.171 e. The van der Waals surface area contributed by atoms with E-state index >= 15 is 0 Å². The van der Waals surface area contributed by atoms with E-state index in [1.54, 1.807) is 0 Å². The molecule has 1 aliphatic heterocycles. The monoisotopic (exact) mass is 350 g/mol. The molecule has 1 aliphatic rings. The molecule has 21 heavy (non-hydrogen) atoms. The fraction of sp³-hybridized carbons (Fsp3) is 0.467. The van der Waals surface area contributed by atoms with Gasteiger partial charge >= 0.3 is 0 Å². The summed E-state index contributed by atoms with van der Waals surface area (Å²) in [5, 5.41) is 11.7. The van der Waals surface area contributed by atoms with E-state index in [1.807, 2.05) is 19.2 Å². The van der Waals surface area contributed by atoms with Crippen LogP contribution < -0.4 is 10.1 Å². The first-order valence-electron chi connectivity index (χ1n) is 7.25. The van der Waals surface area contributed by atoms with Crippen molar-refractivity contribution in [2.75, 3.05) is 7.05 Å². The van der Waals surface area contributed by atoms with Gasteiger partial charge in [-0.3, -0.25) is 0 Å². The molecular weight excluding hydrogens is 332 g/mol. The van der Waals surface area contributed by atoms with E-state index in [-0.39, 0.29) is 0 Å². The van der Waals surface area contributed by atoms with Gasteiger partial charge in [0.25, 0.3) is 0 Å². The number of hydrogen-bond donors (Lipinski definition) is 1. The SMILES string of the molecule is CNCc1cccc(Br)c1OCc1nnc2n1CCCC2. The van der Waals surface area contributed by atoms with Gasteiger partial charge in [-0.25, -0.2) is 0 Å². The Morgan fingerprint density at radius 2 is 2.24 bits per heavy atom. The van der Waals surface area contributed by atoms with Crippen molar-refractivity contribution in [1.29, 1.82) is 0 Å². The van der Waals surface area contributed by atoms with Crippen LogP contribution >= 0.6 is 15.9 Å². The van der Waals surface area contributed by atoms with Gasteiger partial charge in [-0.2, -0.15) is 0 Å². The average molecular weight is 351 g/mol. The number of halogens is 1. The Balaban J connectivity index is 1.77. The normalized spacial score (nSPS) is 14.0. The molecule has 112 valence electrons. The summed E-state index contributed by atoms with van der Waals surface area (Å²) in [6.45, 7) is 2.22. The number of nitrogens with zero attached hydrogens (tertiary/aromatic N) is 3. The molecule has 0 aliphatic carbocycles. The molecule has 2 aromatic rings. The Kier molecular flexibility index (Phi) is 4.55. The Hall–Kier alpha value is -1.40. The van der Waals surface area contributed by atoms with E-state index in [0.717, 1.165) is 46.9 Å². The standard InChI is InChI=1S/C15H19BrN4O/c1-17-9-11-5-4-6-12(16)15(11)21-10-14-19-18-13-7-2-3-8-20(13)14/h4-6,17H,2-3,7-10H2,1H3. The van der Waals surface area contributed by atoms with Crippen LogP contribution in [0.5, 0.6) is 5.75 Å². The minimum Gasteiger partial charge on any atom is -0.484 e. The lowest BCUT2D eigenvalue weighted by Gasteiger charge is -2.16. The van der Waals surface area contributed by atoms with Crippen molar-refractivity contribution >= 4 is 15.9 Å². The molecule has 1 N–H and O–H groups in total. The van der Waals surface area contributed by atoms with Crippen molar-refractivity contribution < 1.29 is 4.74 Å². The molecule has 0 unspecified atom stereocenters. The molecular formula is C15H19BrN4O. The number of ether oxygens (including phenoxy) is 1.